The number of urea groups is 1. The summed E-state index contributed by atoms with van der Waals surface area (Å²) in [5.41, 5.74) is 1.15. The Kier molecular flexibility index (Phi) is 6.00. The standard InChI is InChI=1S/C23H20N4O7/c1-2-34-18-7-4-13(10-17(18)28)25-23(33)24-11-12-3-5-14-15(9-12)22(32)27(21(14)31)16-6-8-19(29)26-20(16)30/h2-5,7,9-10,16,28H,1,6,8,11H2,(H2,24,25,33)(H,26,29,30). The van der Waals surface area contributed by atoms with Crippen LogP contribution < -0.4 is 20.7 Å². The van der Waals surface area contributed by atoms with E-state index in [1.807, 2.05) is 0 Å². The number of fused-ring (bicyclic) bond motifs is 1. The molecule has 174 valence electrons. The van der Waals surface area contributed by atoms with Gasteiger partial charge in [-0.15, -0.1) is 0 Å². The van der Waals surface area contributed by atoms with Crippen LogP contribution in [0.3, 0.4) is 0 Å². The number of anilines is 1. The summed E-state index contributed by atoms with van der Waals surface area (Å²) in [5.74, 6) is -2.35. The number of aromatic hydroxyl groups is 1. The predicted molar refractivity (Wildman–Crippen MR) is 118 cm³/mol. The highest BCUT2D eigenvalue weighted by Crippen LogP contribution is 2.30. The molecule has 2 aromatic rings. The first-order chi connectivity index (χ1) is 16.3. The van der Waals surface area contributed by atoms with Crippen LogP contribution in [0.2, 0.25) is 0 Å². The molecule has 1 saturated heterocycles. The molecule has 34 heavy (non-hydrogen) atoms. The van der Waals surface area contributed by atoms with Crippen LogP contribution in [0.1, 0.15) is 39.1 Å². The quantitative estimate of drug-likeness (QED) is 0.374. The number of nitrogens with one attached hydrogen (secondary N) is 3. The largest absolute Gasteiger partial charge is 0.504 e. The molecule has 0 aliphatic carbocycles. The molecule has 2 aliphatic heterocycles. The van der Waals surface area contributed by atoms with Crippen molar-refractivity contribution < 1.29 is 33.8 Å². The second kappa shape index (κ2) is 9.06. The lowest BCUT2D eigenvalue weighted by Gasteiger charge is -2.27. The van der Waals surface area contributed by atoms with Crippen LogP contribution in [0.25, 0.3) is 0 Å². The van der Waals surface area contributed by atoms with Crippen molar-refractivity contribution in [2.75, 3.05) is 5.32 Å². The van der Waals surface area contributed by atoms with E-state index in [1.54, 1.807) is 6.07 Å². The van der Waals surface area contributed by atoms with Gasteiger partial charge in [0.1, 0.15) is 6.04 Å². The molecule has 0 radical (unpaired) electrons. The third-order valence-electron chi connectivity index (χ3n) is 5.38. The number of carbonyl (C=O) groups excluding carboxylic acids is 5. The molecule has 2 aromatic carbocycles. The number of hydrogen-bond donors (Lipinski definition) is 4. The van der Waals surface area contributed by atoms with Gasteiger partial charge in [0.15, 0.2) is 11.5 Å². The van der Waals surface area contributed by atoms with Crippen LogP contribution in [-0.2, 0) is 16.1 Å². The minimum atomic E-state index is -1.04. The molecule has 4 rings (SSSR count). The summed E-state index contributed by atoms with van der Waals surface area (Å²) in [7, 11) is 0. The van der Waals surface area contributed by atoms with Crippen molar-refractivity contribution in [1.29, 1.82) is 0 Å². The van der Waals surface area contributed by atoms with E-state index in [0.29, 0.717) is 11.3 Å². The first-order valence-corrected chi connectivity index (χ1v) is 10.3. The van der Waals surface area contributed by atoms with E-state index in [0.717, 1.165) is 11.2 Å². The molecule has 0 aromatic heterocycles. The second-order valence-electron chi connectivity index (χ2n) is 7.60. The molecule has 11 heteroatoms. The van der Waals surface area contributed by atoms with Crippen molar-refractivity contribution in [2.45, 2.75) is 25.4 Å². The highest BCUT2D eigenvalue weighted by atomic mass is 16.5. The number of benzene rings is 2. The van der Waals surface area contributed by atoms with E-state index in [1.165, 1.54) is 30.3 Å². The van der Waals surface area contributed by atoms with Gasteiger partial charge in [-0.3, -0.25) is 29.4 Å². The average molecular weight is 464 g/mol. The fourth-order valence-electron chi connectivity index (χ4n) is 3.77. The van der Waals surface area contributed by atoms with E-state index in [9.17, 15) is 29.1 Å². The Labute approximate surface area is 193 Å². The number of imide groups is 2. The maximum Gasteiger partial charge on any atom is 0.319 e. The van der Waals surface area contributed by atoms with Crippen molar-refractivity contribution in [3.05, 3.63) is 65.9 Å². The van der Waals surface area contributed by atoms with E-state index in [2.05, 4.69) is 22.5 Å². The fourth-order valence-corrected chi connectivity index (χ4v) is 3.77. The van der Waals surface area contributed by atoms with Crippen molar-refractivity contribution in [1.82, 2.24) is 15.5 Å². The van der Waals surface area contributed by atoms with Crippen LogP contribution in [0.5, 0.6) is 11.5 Å². The Morgan fingerprint density at radius 2 is 1.91 bits per heavy atom. The molecule has 0 spiro atoms. The maximum atomic E-state index is 12.9. The smallest absolute Gasteiger partial charge is 0.319 e. The Bertz CT molecular complexity index is 1240. The highest BCUT2D eigenvalue weighted by molar-refractivity contribution is 6.23. The van der Waals surface area contributed by atoms with Gasteiger partial charge >= 0.3 is 6.03 Å². The molecule has 1 fully saturated rings. The number of phenolic OH excluding ortho intramolecular Hbond substituents is 1. The molecule has 2 heterocycles. The SMILES string of the molecule is C=COc1ccc(NC(=O)NCc2ccc3c(c2)C(=O)N(C2CCC(=O)NC2=O)C3=O)cc1O. The topological polar surface area (TPSA) is 154 Å². The van der Waals surface area contributed by atoms with Gasteiger partial charge in [0.25, 0.3) is 11.8 Å². The predicted octanol–water partition coefficient (Wildman–Crippen LogP) is 1.64. The Hall–Kier alpha value is -4.67. The number of ether oxygens (including phenoxy) is 1. The zero-order chi connectivity index (χ0) is 24.4. The number of carbonyl (C=O) groups is 5. The van der Waals surface area contributed by atoms with E-state index in [4.69, 9.17) is 4.74 Å². The Balaban J connectivity index is 1.40. The molecule has 1 unspecified atom stereocenters. The van der Waals surface area contributed by atoms with Gasteiger partial charge < -0.3 is 20.5 Å². The van der Waals surface area contributed by atoms with Gasteiger partial charge in [0.05, 0.1) is 17.4 Å². The molecular weight excluding hydrogens is 444 g/mol. The van der Waals surface area contributed by atoms with Gasteiger partial charge in [0, 0.05) is 24.7 Å². The lowest BCUT2D eigenvalue weighted by molar-refractivity contribution is -0.136. The number of rotatable bonds is 6. The molecule has 4 N–H and O–H groups in total. The van der Waals surface area contributed by atoms with Crippen LogP contribution in [0.15, 0.2) is 49.2 Å². The zero-order valence-corrected chi connectivity index (χ0v) is 17.8. The second-order valence-corrected chi connectivity index (χ2v) is 7.60. The van der Waals surface area contributed by atoms with Gasteiger partial charge in [-0.2, -0.15) is 0 Å². The van der Waals surface area contributed by atoms with Gasteiger partial charge in [-0.25, -0.2) is 4.79 Å². The summed E-state index contributed by atoms with van der Waals surface area (Å²) in [6, 6.07) is 7.22. The molecule has 11 nitrogen and oxygen atoms in total. The maximum absolute atomic E-state index is 12.9. The average Bonchev–Trinajstić information content (AvgIpc) is 3.04. The zero-order valence-electron chi connectivity index (χ0n) is 17.8. The van der Waals surface area contributed by atoms with Crippen molar-refractivity contribution >= 4 is 35.3 Å². The van der Waals surface area contributed by atoms with Gasteiger partial charge in [-0.1, -0.05) is 12.6 Å². The molecule has 6 amide bonds. The van der Waals surface area contributed by atoms with Gasteiger partial charge in [0.2, 0.25) is 11.8 Å². The van der Waals surface area contributed by atoms with Crippen molar-refractivity contribution in [2.24, 2.45) is 0 Å². The summed E-state index contributed by atoms with van der Waals surface area (Å²) >= 11 is 0. The van der Waals surface area contributed by atoms with Crippen LogP contribution in [-0.4, -0.2) is 45.7 Å². The Morgan fingerprint density at radius 3 is 2.62 bits per heavy atom. The summed E-state index contributed by atoms with van der Waals surface area (Å²) in [6.45, 7) is 3.44. The summed E-state index contributed by atoms with van der Waals surface area (Å²) < 4.78 is 5.01. The fraction of sp³-hybridized carbons (Fsp3) is 0.174. The highest BCUT2D eigenvalue weighted by Gasteiger charge is 2.44. The summed E-state index contributed by atoms with van der Waals surface area (Å²) in [6.07, 6.45) is 1.27. The Morgan fingerprint density at radius 1 is 1.15 bits per heavy atom. The number of piperidine rings is 1. The van der Waals surface area contributed by atoms with Crippen molar-refractivity contribution in [3.8, 4) is 11.5 Å². The van der Waals surface area contributed by atoms with Crippen LogP contribution in [0, 0.1) is 0 Å². The van der Waals surface area contributed by atoms with Crippen LogP contribution >= 0.6 is 0 Å². The number of phenols is 1. The molecule has 0 saturated carbocycles. The third-order valence-corrected chi connectivity index (χ3v) is 5.38. The van der Waals surface area contributed by atoms with Crippen LogP contribution in [0.4, 0.5) is 10.5 Å². The molecule has 1 atom stereocenters. The summed E-state index contributed by atoms with van der Waals surface area (Å²) in [5, 5.41) is 17.2. The number of amides is 6. The number of nitrogens with zero attached hydrogens (tertiary/aromatic N) is 1. The molecular formula is C23H20N4O7. The first kappa shape index (κ1) is 22.5. The minimum absolute atomic E-state index is 0.0376. The van der Waals surface area contributed by atoms with E-state index >= 15 is 0 Å². The third kappa shape index (κ3) is 4.31. The minimum Gasteiger partial charge on any atom is -0.504 e. The van der Waals surface area contributed by atoms with E-state index < -0.39 is 35.7 Å². The monoisotopic (exact) mass is 464 g/mol. The lowest BCUT2D eigenvalue weighted by atomic mass is 10.0. The normalized spacial score (nSPS) is 17.2. The summed E-state index contributed by atoms with van der Waals surface area (Å²) in [4.78, 5) is 62.2. The molecule has 0 bridgehead atoms. The number of hydrogen-bond acceptors (Lipinski definition) is 7. The van der Waals surface area contributed by atoms with Crippen molar-refractivity contribution in [3.63, 3.8) is 0 Å². The van der Waals surface area contributed by atoms with Gasteiger partial charge in [-0.05, 0) is 36.2 Å². The van der Waals surface area contributed by atoms with E-state index in [-0.39, 0.29) is 42.0 Å². The molecule has 2 aliphatic rings. The lowest BCUT2D eigenvalue weighted by Crippen LogP contribution is -2.54. The first-order valence-electron chi connectivity index (χ1n) is 10.3.